The number of carbonyl (C=O) groups is 1. The summed E-state index contributed by atoms with van der Waals surface area (Å²) in [5.74, 6) is 0.0789. The first kappa shape index (κ1) is 25.1. The molecule has 3 rings (SSSR count). The fraction of sp³-hybridized carbons (Fsp3) is 0.136. The van der Waals surface area contributed by atoms with Gasteiger partial charge < -0.3 is 15.2 Å². The van der Waals surface area contributed by atoms with Crippen molar-refractivity contribution in [2.45, 2.75) is 17.9 Å². The van der Waals surface area contributed by atoms with Crippen molar-refractivity contribution in [1.82, 2.24) is 4.72 Å². The SMILES string of the molecule is C[C@@H](COc1c(Cl)cccc1C(N)=O)NS(=O)(=O)c1cccc(Oc2ccc(Cl)c(Cl)c2)c1. The molecule has 0 fully saturated rings. The zero-order valence-electron chi connectivity index (χ0n) is 17.2. The normalized spacial score (nSPS) is 12.2. The van der Waals surface area contributed by atoms with E-state index in [2.05, 4.69) is 4.72 Å². The van der Waals surface area contributed by atoms with Crippen LogP contribution in [-0.4, -0.2) is 27.0 Å². The summed E-state index contributed by atoms with van der Waals surface area (Å²) in [5, 5.41) is 0.875. The molecule has 7 nitrogen and oxygen atoms in total. The quantitative estimate of drug-likeness (QED) is 0.392. The third-order valence-corrected chi connectivity index (χ3v) is 6.93. The molecule has 3 N–H and O–H groups in total. The summed E-state index contributed by atoms with van der Waals surface area (Å²) in [4.78, 5) is 11.6. The fourth-order valence-electron chi connectivity index (χ4n) is 2.81. The molecular formula is C22H19Cl3N2O5S. The average Bonchev–Trinajstić information content (AvgIpc) is 2.75. The molecular weight excluding hydrogens is 511 g/mol. The highest BCUT2D eigenvalue weighted by atomic mass is 35.5. The highest BCUT2D eigenvalue weighted by Crippen LogP contribution is 2.31. The van der Waals surface area contributed by atoms with E-state index >= 15 is 0 Å². The lowest BCUT2D eigenvalue weighted by Crippen LogP contribution is -2.37. The fourth-order valence-corrected chi connectivity index (χ4v) is 4.59. The van der Waals surface area contributed by atoms with E-state index in [9.17, 15) is 13.2 Å². The topological polar surface area (TPSA) is 108 Å². The van der Waals surface area contributed by atoms with Gasteiger partial charge in [0, 0.05) is 12.1 Å². The van der Waals surface area contributed by atoms with Crippen molar-refractivity contribution < 1.29 is 22.7 Å². The average molecular weight is 530 g/mol. The summed E-state index contributed by atoms with van der Waals surface area (Å²) >= 11 is 18.0. The van der Waals surface area contributed by atoms with Crippen molar-refractivity contribution in [2.75, 3.05) is 6.61 Å². The number of hydrogen-bond acceptors (Lipinski definition) is 5. The van der Waals surface area contributed by atoms with Crippen LogP contribution in [0.4, 0.5) is 0 Å². The molecule has 0 saturated heterocycles. The van der Waals surface area contributed by atoms with Gasteiger partial charge >= 0.3 is 0 Å². The number of ether oxygens (including phenoxy) is 2. The minimum atomic E-state index is -3.91. The number of benzene rings is 3. The number of primary amides is 1. The lowest BCUT2D eigenvalue weighted by molar-refractivity contribution is 0.0996. The molecule has 174 valence electrons. The van der Waals surface area contributed by atoms with E-state index < -0.39 is 22.0 Å². The second-order valence-corrected chi connectivity index (χ2v) is 9.90. The Morgan fingerprint density at radius 3 is 2.36 bits per heavy atom. The predicted molar refractivity (Wildman–Crippen MR) is 128 cm³/mol. The van der Waals surface area contributed by atoms with Crippen LogP contribution in [0.5, 0.6) is 17.2 Å². The first-order valence-electron chi connectivity index (χ1n) is 9.53. The molecule has 0 aromatic heterocycles. The van der Waals surface area contributed by atoms with E-state index in [4.69, 9.17) is 50.0 Å². The second-order valence-electron chi connectivity index (χ2n) is 6.97. The number of rotatable bonds is 9. The van der Waals surface area contributed by atoms with Crippen molar-refractivity contribution in [2.24, 2.45) is 5.73 Å². The van der Waals surface area contributed by atoms with Crippen molar-refractivity contribution in [3.8, 4) is 17.2 Å². The van der Waals surface area contributed by atoms with Crippen LogP contribution in [0.15, 0.2) is 65.6 Å². The van der Waals surface area contributed by atoms with Crippen LogP contribution < -0.4 is 19.9 Å². The maximum atomic E-state index is 12.8. The number of carbonyl (C=O) groups excluding carboxylic acids is 1. The van der Waals surface area contributed by atoms with Gasteiger partial charge in [0.05, 0.1) is 31.6 Å². The molecule has 0 unspecified atom stereocenters. The van der Waals surface area contributed by atoms with E-state index in [0.29, 0.717) is 21.5 Å². The monoisotopic (exact) mass is 528 g/mol. The Bertz CT molecular complexity index is 1280. The molecule has 1 amide bonds. The first-order chi connectivity index (χ1) is 15.6. The van der Waals surface area contributed by atoms with Gasteiger partial charge in [0.25, 0.3) is 5.91 Å². The highest BCUT2D eigenvalue weighted by Gasteiger charge is 2.20. The van der Waals surface area contributed by atoms with Crippen LogP contribution in [-0.2, 0) is 10.0 Å². The van der Waals surface area contributed by atoms with E-state index in [-0.39, 0.29) is 27.8 Å². The molecule has 0 saturated carbocycles. The smallest absolute Gasteiger partial charge is 0.252 e. The standard InChI is InChI=1S/C22H19Cl3N2O5S/c1-13(12-31-21-17(22(26)28)6-3-7-19(21)24)27-33(29,30)16-5-2-4-14(10-16)32-15-8-9-18(23)20(25)11-15/h2-11,13,27H,12H2,1H3,(H2,26,28)/t13-/m0/s1. The van der Waals surface area contributed by atoms with E-state index in [0.717, 1.165) is 0 Å². The molecule has 11 heteroatoms. The summed E-state index contributed by atoms with van der Waals surface area (Å²) in [5.41, 5.74) is 5.44. The molecule has 0 radical (unpaired) electrons. The van der Waals surface area contributed by atoms with Gasteiger partial charge in [0.15, 0.2) is 5.75 Å². The first-order valence-corrected chi connectivity index (χ1v) is 12.1. The van der Waals surface area contributed by atoms with Crippen molar-refractivity contribution in [1.29, 1.82) is 0 Å². The molecule has 0 spiro atoms. The summed E-state index contributed by atoms with van der Waals surface area (Å²) in [6.07, 6.45) is 0. The Labute approximate surface area is 206 Å². The lowest BCUT2D eigenvalue weighted by atomic mass is 10.2. The maximum absolute atomic E-state index is 12.8. The van der Waals surface area contributed by atoms with Gasteiger partial charge in [0.1, 0.15) is 18.1 Å². The van der Waals surface area contributed by atoms with E-state index in [1.54, 1.807) is 37.3 Å². The summed E-state index contributed by atoms with van der Waals surface area (Å²) in [6.45, 7) is 1.51. The third kappa shape index (κ3) is 6.52. The molecule has 33 heavy (non-hydrogen) atoms. The summed E-state index contributed by atoms with van der Waals surface area (Å²) < 4.78 is 39.5. The highest BCUT2D eigenvalue weighted by molar-refractivity contribution is 7.89. The maximum Gasteiger partial charge on any atom is 0.252 e. The number of para-hydroxylation sites is 1. The Kier molecular flexibility index (Phi) is 8.10. The molecule has 3 aromatic carbocycles. The molecule has 0 aliphatic carbocycles. The van der Waals surface area contributed by atoms with Gasteiger partial charge in [-0.05, 0) is 43.3 Å². The van der Waals surface area contributed by atoms with Gasteiger partial charge in [0.2, 0.25) is 10.0 Å². The number of halogens is 3. The van der Waals surface area contributed by atoms with Crippen LogP contribution in [0.3, 0.4) is 0 Å². The molecule has 0 aliphatic rings. The zero-order chi connectivity index (χ0) is 24.2. The van der Waals surface area contributed by atoms with E-state index in [1.807, 2.05) is 0 Å². The minimum Gasteiger partial charge on any atom is -0.490 e. The Morgan fingerprint density at radius 2 is 1.67 bits per heavy atom. The minimum absolute atomic E-state index is 0.0116. The second kappa shape index (κ2) is 10.6. The van der Waals surface area contributed by atoms with Crippen LogP contribution in [0, 0.1) is 0 Å². The Morgan fingerprint density at radius 1 is 0.970 bits per heavy atom. The lowest BCUT2D eigenvalue weighted by Gasteiger charge is -2.17. The van der Waals surface area contributed by atoms with Gasteiger partial charge in [-0.2, -0.15) is 0 Å². The number of hydrogen-bond donors (Lipinski definition) is 2. The number of sulfonamides is 1. The Hall–Kier alpha value is -2.49. The third-order valence-electron chi connectivity index (χ3n) is 4.31. The van der Waals surface area contributed by atoms with E-state index in [1.165, 1.54) is 30.3 Å². The summed E-state index contributed by atoms with van der Waals surface area (Å²) in [6, 6.07) is 14.6. The van der Waals surface area contributed by atoms with Crippen LogP contribution in [0.2, 0.25) is 15.1 Å². The largest absolute Gasteiger partial charge is 0.490 e. The van der Waals surface area contributed by atoms with Crippen LogP contribution >= 0.6 is 34.8 Å². The number of amides is 1. The molecule has 0 aliphatic heterocycles. The molecule has 0 bridgehead atoms. The predicted octanol–water partition coefficient (Wildman–Crippen LogP) is 5.28. The molecule has 0 heterocycles. The van der Waals surface area contributed by atoms with Gasteiger partial charge in [-0.1, -0.05) is 46.9 Å². The van der Waals surface area contributed by atoms with Crippen LogP contribution in [0.25, 0.3) is 0 Å². The summed E-state index contributed by atoms with van der Waals surface area (Å²) in [7, 11) is -3.91. The molecule has 3 aromatic rings. The number of nitrogens with two attached hydrogens (primary N) is 1. The van der Waals surface area contributed by atoms with Gasteiger partial charge in [-0.3, -0.25) is 4.79 Å². The number of nitrogens with one attached hydrogen (secondary N) is 1. The molecule has 1 atom stereocenters. The van der Waals surface area contributed by atoms with Crippen molar-refractivity contribution >= 4 is 50.7 Å². The van der Waals surface area contributed by atoms with Crippen LogP contribution in [0.1, 0.15) is 17.3 Å². The Balaban J connectivity index is 1.70. The van der Waals surface area contributed by atoms with Crippen molar-refractivity contribution in [3.63, 3.8) is 0 Å². The van der Waals surface area contributed by atoms with Gasteiger partial charge in [-0.15, -0.1) is 0 Å². The van der Waals surface area contributed by atoms with Crippen molar-refractivity contribution in [3.05, 3.63) is 81.3 Å². The van der Waals surface area contributed by atoms with Gasteiger partial charge in [-0.25, -0.2) is 13.1 Å². The zero-order valence-corrected chi connectivity index (χ0v) is 20.3.